The first-order valence-corrected chi connectivity index (χ1v) is 11.0. The molecular formula is C23H21Cl2N3O2. The highest BCUT2D eigenvalue weighted by atomic mass is 35.5. The lowest BCUT2D eigenvalue weighted by atomic mass is 9.89. The molecule has 1 aromatic heterocycles. The number of benzene rings is 2. The lowest BCUT2D eigenvalue weighted by Gasteiger charge is -2.36. The first-order chi connectivity index (χ1) is 14.5. The number of aromatic amines is 1. The number of rotatable bonds is 4. The van der Waals surface area contributed by atoms with Gasteiger partial charge in [-0.15, -0.1) is 0 Å². The third-order valence-corrected chi connectivity index (χ3v) is 6.98. The van der Waals surface area contributed by atoms with Crippen molar-refractivity contribution in [1.29, 1.82) is 0 Å². The van der Waals surface area contributed by atoms with Gasteiger partial charge in [0, 0.05) is 35.1 Å². The van der Waals surface area contributed by atoms with Crippen LogP contribution < -0.4 is 0 Å². The standard InChI is InChI=1S/C23H21Cl2N3O2/c1-2-3-11-27-22(29)18-12-15-13-7-4-5-10-17(13)26-20(15)21(28(18)23(27)30)14-8-6-9-16(24)19(14)25/h4-10,18,21,26H,2-3,11-12H2,1H3. The van der Waals surface area contributed by atoms with Crippen LogP contribution in [0.25, 0.3) is 10.9 Å². The normalized spacial score (nSPS) is 20.8. The highest BCUT2D eigenvalue weighted by Gasteiger charge is 2.52. The summed E-state index contributed by atoms with van der Waals surface area (Å²) in [5.41, 5.74) is 3.66. The molecule has 0 radical (unpaired) electrons. The van der Waals surface area contributed by atoms with Crippen molar-refractivity contribution >= 4 is 46.0 Å². The number of hydrogen-bond acceptors (Lipinski definition) is 2. The number of urea groups is 1. The summed E-state index contributed by atoms with van der Waals surface area (Å²) < 4.78 is 0. The molecule has 1 saturated heterocycles. The molecule has 7 heteroatoms. The Morgan fingerprint density at radius 2 is 1.90 bits per heavy atom. The summed E-state index contributed by atoms with van der Waals surface area (Å²) in [6.45, 7) is 2.48. The summed E-state index contributed by atoms with van der Waals surface area (Å²) in [6, 6.07) is 12.1. The second-order valence-corrected chi connectivity index (χ2v) is 8.65. The molecular weight excluding hydrogens is 421 g/mol. The number of fused-ring (bicyclic) bond motifs is 4. The zero-order valence-electron chi connectivity index (χ0n) is 16.5. The Labute approximate surface area is 184 Å². The van der Waals surface area contributed by atoms with Gasteiger partial charge in [0.25, 0.3) is 5.91 Å². The molecule has 0 saturated carbocycles. The molecule has 154 valence electrons. The Balaban J connectivity index is 1.72. The maximum absolute atomic E-state index is 13.4. The summed E-state index contributed by atoms with van der Waals surface area (Å²) in [4.78, 5) is 33.2. The number of halogens is 2. The van der Waals surface area contributed by atoms with Crippen LogP contribution in [0.2, 0.25) is 10.0 Å². The van der Waals surface area contributed by atoms with E-state index < -0.39 is 12.1 Å². The highest BCUT2D eigenvalue weighted by Crippen LogP contribution is 2.46. The van der Waals surface area contributed by atoms with Crippen molar-refractivity contribution < 1.29 is 9.59 Å². The van der Waals surface area contributed by atoms with E-state index in [0.29, 0.717) is 23.0 Å². The number of carbonyl (C=O) groups is 2. The molecule has 3 amide bonds. The van der Waals surface area contributed by atoms with Crippen LogP contribution >= 0.6 is 23.2 Å². The summed E-state index contributed by atoms with van der Waals surface area (Å²) in [5.74, 6) is -0.132. The molecule has 5 rings (SSSR count). The van der Waals surface area contributed by atoms with Gasteiger partial charge in [0.05, 0.1) is 10.0 Å². The molecule has 1 fully saturated rings. The molecule has 1 N–H and O–H groups in total. The van der Waals surface area contributed by atoms with E-state index in [9.17, 15) is 9.59 Å². The molecule has 30 heavy (non-hydrogen) atoms. The van der Waals surface area contributed by atoms with Gasteiger partial charge < -0.3 is 4.98 Å². The number of nitrogens with zero attached hydrogens (tertiary/aromatic N) is 2. The zero-order valence-corrected chi connectivity index (χ0v) is 18.0. The van der Waals surface area contributed by atoms with E-state index >= 15 is 0 Å². The van der Waals surface area contributed by atoms with Gasteiger partial charge in [0.1, 0.15) is 12.1 Å². The fraction of sp³-hybridized carbons (Fsp3) is 0.304. The number of carbonyl (C=O) groups excluding carboxylic acids is 2. The molecule has 3 heterocycles. The SMILES string of the molecule is CCCCN1C(=O)C2Cc3c([nH]c4ccccc34)C(c3cccc(Cl)c3Cl)N2C1=O. The van der Waals surface area contributed by atoms with Crippen molar-refractivity contribution in [1.82, 2.24) is 14.8 Å². The summed E-state index contributed by atoms with van der Waals surface area (Å²) in [7, 11) is 0. The summed E-state index contributed by atoms with van der Waals surface area (Å²) in [6.07, 6.45) is 2.19. The Kier molecular flexibility index (Phi) is 4.75. The van der Waals surface area contributed by atoms with Gasteiger partial charge in [-0.25, -0.2) is 4.79 Å². The maximum Gasteiger partial charge on any atom is 0.328 e. The van der Waals surface area contributed by atoms with E-state index in [1.165, 1.54) is 4.90 Å². The van der Waals surface area contributed by atoms with E-state index in [0.717, 1.165) is 40.6 Å². The van der Waals surface area contributed by atoms with E-state index in [1.54, 1.807) is 11.0 Å². The molecule has 0 spiro atoms. The van der Waals surface area contributed by atoms with Crippen molar-refractivity contribution in [3.8, 4) is 0 Å². The Bertz CT molecular complexity index is 1170. The third-order valence-electron chi connectivity index (χ3n) is 6.15. The summed E-state index contributed by atoms with van der Waals surface area (Å²) in [5, 5.41) is 1.90. The summed E-state index contributed by atoms with van der Waals surface area (Å²) >= 11 is 12.9. The van der Waals surface area contributed by atoms with Crippen LogP contribution in [-0.4, -0.2) is 39.3 Å². The van der Waals surface area contributed by atoms with Crippen LogP contribution in [0.15, 0.2) is 42.5 Å². The third kappa shape index (κ3) is 2.76. The number of hydrogen-bond donors (Lipinski definition) is 1. The van der Waals surface area contributed by atoms with E-state index in [2.05, 4.69) is 4.98 Å². The molecule has 2 aliphatic rings. The number of amides is 3. The van der Waals surface area contributed by atoms with E-state index in [1.807, 2.05) is 43.3 Å². The number of nitrogens with one attached hydrogen (secondary N) is 1. The van der Waals surface area contributed by atoms with Crippen LogP contribution in [-0.2, 0) is 11.2 Å². The first-order valence-electron chi connectivity index (χ1n) is 10.2. The Morgan fingerprint density at radius 1 is 1.10 bits per heavy atom. The molecule has 2 aromatic carbocycles. The van der Waals surface area contributed by atoms with Crippen molar-refractivity contribution in [3.63, 3.8) is 0 Å². The number of imide groups is 1. The molecule has 5 nitrogen and oxygen atoms in total. The van der Waals surface area contributed by atoms with Crippen LogP contribution in [0.1, 0.15) is 42.6 Å². The van der Waals surface area contributed by atoms with E-state index in [-0.39, 0.29) is 11.9 Å². The molecule has 2 unspecified atom stereocenters. The van der Waals surface area contributed by atoms with Crippen LogP contribution in [0.3, 0.4) is 0 Å². The van der Waals surface area contributed by atoms with Gasteiger partial charge >= 0.3 is 6.03 Å². The minimum Gasteiger partial charge on any atom is -0.356 e. The zero-order chi connectivity index (χ0) is 21.0. The topological polar surface area (TPSA) is 56.4 Å². The predicted molar refractivity (Wildman–Crippen MR) is 118 cm³/mol. The quantitative estimate of drug-likeness (QED) is 0.539. The van der Waals surface area contributed by atoms with Gasteiger partial charge in [-0.2, -0.15) is 0 Å². The van der Waals surface area contributed by atoms with Crippen LogP contribution in [0.5, 0.6) is 0 Å². The average molecular weight is 442 g/mol. The van der Waals surface area contributed by atoms with Crippen LogP contribution in [0.4, 0.5) is 4.79 Å². The monoisotopic (exact) mass is 441 g/mol. The van der Waals surface area contributed by atoms with Crippen molar-refractivity contribution in [2.75, 3.05) is 6.54 Å². The fourth-order valence-corrected chi connectivity index (χ4v) is 5.12. The van der Waals surface area contributed by atoms with Gasteiger partial charge in [-0.3, -0.25) is 14.6 Å². The number of unbranched alkanes of at least 4 members (excludes halogenated alkanes) is 1. The van der Waals surface area contributed by atoms with E-state index in [4.69, 9.17) is 23.2 Å². The second-order valence-electron chi connectivity index (χ2n) is 7.86. The molecule has 2 atom stereocenters. The predicted octanol–water partition coefficient (Wildman–Crippen LogP) is 5.55. The number of H-pyrrole nitrogens is 1. The maximum atomic E-state index is 13.4. The first kappa shape index (κ1) is 19.5. The molecule has 2 aliphatic heterocycles. The number of para-hydroxylation sites is 1. The van der Waals surface area contributed by atoms with Gasteiger partial charge in [-0.05, 0) is 24.1 Å². The number of aromatic nitrogens is 1. The average Bonchev–Trinajstić information content (AvgIpc) is 3.23. The van der Waals surface area contributed by atoms with Crippen molar-refractivity contribution in [2.24, 2.45) is 0 Å². The molecule has 3 aromatic rings. The largest absolute Gasteiger partial charge is 0.356 e. The molecule has 0 aliphatic carbocycles. The van der Waals surface area contributed by atoms with Crippen molar-refractivity contribution in [2.45, 2.75) is 38.3 Å². The lowest BCUT2D eigenvalue weighted by Crippen LogP contribution is -2.44. The lowest BCUT2D eigenvalue weighted by molar-refractivity contribution is -0.128. The molecule has 0 bridgehead atoms. The minimum absolute atomic E-state index is 0.132. The van der Waals surface area contributed by atoms with Crippen molar-refractivity contribution in [3.05, 3.63) is 69.3 Å². The fourth-order valence-electron chi connectivity index (χ4n) is 4.71. The van der Waals surface area contributed by atoms with Gasteiger partial charge in [0.2, 0.25) is 0 Å². The van der Waals surface area contributed by atoms with Gasteiger partial charge in [0.15, 0.2) is 0 Å². The van der Waals surface area contributed by atoms with Crippen LogP contribution in [0, 0.1) is 0 Å². The minimum atomic E-state index is -0.541. The Morgan fingerprint density at radius 3 is 2.70 bits per heavy atom. The van der Waals surface area contributed by atoms with Gasteiger partial charge in [-0.1, -0.05) is 66.9 Å². The second kappa shape index (κ2) is 7.33. The smallest absolute Gasteiger partial charge is 0.328 e. The Hall–Kier alpha value is -2.50. The highest BCUT2D eigenvalue weighted by molar-refractivity contribution is 6.42.